The van der Waals surface area contributed by atoms with Crippen LogP contribution in [0.15, 0.2) is 67.3 Å². The Kier molecular flexibility index (Phi) is 9.05. The van der Waals surface area contributed by atoms with Crippen molar-refractivity contribution in [2.24, 2.45) is 7.05 Å². The zero-order valence-corrected chi connectivity index (χ0v) is 25.6. The number of pyridine rings is 1. The number of alkyl halides is 2. The SMILES string of the molecule is Cn1cc(-c2ccc(N(C(=O)NCc3ccccc3)[C@H]3CC[C@H](Nc4ncc(C#N)c(N5CCC(F)(F)CC5)n4)CC3)nc2)cn1. The van der Waals surface area contributed by atoms with Crippen LogP contribution in [-0.4, -0.2) is 61.9 Å². The van der Waals surface area contributed by atoms with Crippen molar-refractivity contribution in [3.63, 3.8) is 0 Å². The fourth-order valence-corrected chi connectivity index (χ4v) is 6.05. The summed E-state index contributed by atoms with van der Waals surface area (Å²) in [6, 6.07) is 15.4. The molecule has 13 heteroatoms. The van der Waals surface area contributed by atoms with E-state index in [1.165, 1.54) is 6.20 Å². The van der Waals surface area contributed by atoms with Crippen molar-refractivity contribution in [2.45, 2.75) is 63.1 Å². The first-order chi connectivity index (χ1) is 22.3. The number of aromatic nitrogens is 5. The number of hydrogen-bond acceptors (Lipinski definition) is 8. The summed E-state index contributed by atoms with van der Waals surface area (Å²) in [4.78, 5) is 30.8. The molecule has 0 unspecified atom stereocenters. The molecular formula is C33H36F2N10O. The summed E-state index contributed by atoms with van der Waals surface area (Å²) in [6.45, 7) is 0.652. The zero-order chi connectivity index (χ0) is 32.1. The van der Waals surface area contributed by atoms with Gasteiger partial charge in [0, 0.05) is 75.1 Å². The number of piperidine rings is 1. The van der Waals surface area contributed by atoms with Gasteiger partial charge in [0.05, 0.1) is 12.4 Å². The molecule has 0 atom stereocenters. The highest BCUT2D eigenvalue weighted by Gasteiger charge is 2.35. The topological polar surface area (TPSA) is 128 Å². The third kappa shape index (κ3) is 7.22. The molecule has 238 valence electrons. The minimum absolute atomic E-state index is 0.0397. The van der Waals surface area contributed by atoms with Gasteiger partial charge in [-0.1, -0.05) is 30.3 Å². The number of urea groups is 1. The van der Waals surface area contributed by atoms with Crippen molar-refractivity contribution in [3.8, 4) is 17.2 Å². The van der Waals surface area contributed by atoms with Gasteiger partial charge in [-0.25, -0.2) is 23.5 Å². The minimum atomic E-state index is -2.70. The normalized spacial score (nSPS) is 19.2. The molecule has 1 aliphatic heterocycles. The smallest absolute Gasteiger partial charge is 0.323 e. The van der Waals surface area contributed by atoms with Gasteiger partial charge < -0.3 is 15.5 Å². The Hall–Kier alpha value is -5.12. The number of carbonyl (C=O) groups is 1. The number of carbonyl (C=O) groups excluding carboxylic acids is 1. The van der Waals surface area contributed by atoms with Gasteiger partial charge in [-0.05, 0) is 43.4 Å². The molecule has 1 saturated heterocycles. The third-order valence-electron chi connectivity index (χ3n) is 8.62. The second kappa shape index (κ2) is 13.5. The van der Waals surface area contributed by atoms with E-state index in [0.717, 1.165) is 29.5 Å². The van der Waals surface area contributed by atoms with Gasteiger partial charge in [0.2, 0.25) is 5.95 Å². The van der Waals surface area contributed by atoms with E-state index in [-0.39, 0.29) is 49.6 Å². The molecule has 11 nitrogen and oxygen atoms in total. The number of hydrogen-bond donors (Lipinski definition) is 2. The molecule has 2 N–H and O–H groups in total. The van der Waals surface area contributed by atoms with Crippen LogP contribution in [-0.2, 0) is 13.6 Å². The number of nitriles is 1. The second-order valence-corrected chi connectivity index (χ2v) is 11.9. The Morgan fingerprint density at radius 2 is 1.78 bits per heavy atom. The van der Waals surface area contributed by atoms with E-state index in [4.69, 9.17) is 4.98 Å². The van der Waals surface area contributed by atoms with E-state index in [2.05, 4.69) is 31.8 Å². The molecular weight excluding hydrogens is 590 g/mol. The highest BCUT2D eigenvalue weighted by molar-refractivity contribution is 5.91. The van der Waals surface area contributed by atoms with Gasteiger partial charge in [-0.3, -0.25) is 9.58 Å². The Morgan fingerprint density at radius 1 is 1.02 bits per heavy atom. The van der Waals surface area contributed by atoms with Crippen LogP contribution >= 0.6 is 0 Å². The lowest BCUT2D eigenvalue weighted by atomic mass is 9.90. The molecule has 2 fully saturated rings. The molecule has 6 rings (SSSR count). The number of nitrogens with one attached hydrogen (secondary N) is 2. The van der Waals surface area contributed by atoms with E-state index < -0.39 is 5.92 Å². The van der Waals surface area contributed by atoms with E-state index in [1.54, 1.807) is 26.9 Å². The fourth-order valence-electron chi connectivity index (χ4n) is 6.05. The van der Waals surface area contributed by atoms with Gasteiger partial charge >= 0.3 is 6.03 Å². The fraction of sp³-hybridized carbons (Fsp3) is 0.394. The lowest BCUT2D eigenvalue weighted by molar-refractivity contribution is -0.0221. The van der Waals surface area contributed by atoms with Crippen molar-refractivity contribution in [2.75, 3.05) is 28.2 Å². The van der Waals surface area contributed by atoms with Crippen molar-refractivity contribution < 1.29 is 13.6 Å². The number of amides is 2. The molecule has 4 aromatic rings. The Balaban J connectivity index is 1.14. The van der Waals surface area contributed by atoms with Crippen molar-refractivity contribution >= 4 is 23.6 Å². The number of halogens is 2. The Labute approximate surface area is 266 Å². The van der Waals surface area contributed by atoms with Crippen molar-refractivity contribution in [1.29, 1.82) is 5.26 Å². The summed E-state index contributed by atoms with van der Waals surface area (Å²) in [5.74, 6) is -1.38. The van der Waals surface area contributed by atoms with Gasteiger partial charge in [0.1, 0.15) is 17.5 Å². The lowest BCUT2D eigenvalue weighted by Gasteiger charge is -2.36. The first-order valence-corrected chi connectivity index (χ1v) is 15.5. The molecule has 46 heavy (non-hydrogen) atoms. The molecule has 1 saturated carbocycles. The van der Waals surface area contributed by atoms with Crippen LogP contribution in [0, 0.1) is 11.3 Å². The van der Waals surface area contributed by atoms with E-state index in [9.17, 15) is 18.8 Å². The van der Waals surface area contributed by atoms with Crippen LogP contribution in [0.5, 0.6) is 0 Å². The van der Waals surface area contributed by atoms with Gasteiger partial charge in [-0.15, -0.1) is 0 Å². The van der Waals surface area contributed by atoms with Crippen LogP contribution in [0.1, 0.15) is 49.7 Å². The number of benzene rings is 1. The highest BCUT2D eigenvalue weighted by Crippen LogP contribution is 2.32. The van der Waals surface area contributed by atoms with Crippen molar-refractivity contribution in [3.05, 3.63) is 78.4 Å². The number of anilines is 3. The average molecular weight is 627 g/mol. The van der Waals surface area contributed by atoms with Gasteiger partial charge in [0.15, 0.2) is 5.82 Å². The van der Waals surface area contributed by atoms with E-state index >= 15 is 0 Å². The largest absolute Gasteiger partial charge is 0.355 e. The summed E-state index contributed by atoms with van der Waals surface area (Å²) in [6.07, 6.45) is 9.28. The standard InChI is InChI=1S/C33H36F2N10O/c1-43-22-26(21-40-43)24-7-12-29(37-19-24)45(32(46)39-18-23-5-3-2-4-6-23)28-10-8-27(9-11-28)41-31-38-20-25(17-36)30(42-31)44-15-13-33(34,35)14-16-44/h2-7,12,19-22,27-28H,8-11,13-16,18H2,1H3,(H,39,46)(H,38,41,42)/t27-,28-. The van der Waals surface area contributed by atoms with Crippen LogP contribution in [0.25, 0.3) is 11.1 Å². The van der Waals surface area contributed by atoms with Crippen molar-refractivity contribution in [1.82, 2.24) is 30.0 Å². The van der Waals surface area contributed by atoms with Crippen LogP contribution in [0.4, 0.5) is 31.2 Å². The minimum Gasteiger partial charge on any atom is -0.355 e. The lowest BCUT2D eigenvalue weighted by Crippen LogP contribution is -2.49. The molecule has 0 spiro atoms. The maximum Gasteiger partial charge on any atom is 0.323 e. The van der Waals surface area contributed by atoms with E-state index in [1.807, 2.05) is 55.7 Å². The predicted octanol–water partition coefficient (Wildman–Crippen LogP) is 5.52. The Bertz CT molecular complexity index is 1670. The number of rotatable bonds is 8. The quantitative estimate of drug-likeness (QED) is 0.262. The van der Waals surface area contributed by atoms with Gasteiger partial charge in [0.25, 0.3) is 5.92 Å². The summed E-state index contributed by atoms with van der Waals surface area (Å²) in [7, 11) is 1.86. The zero-order valence-electron chi connectivity index (χ0n) is 25.6. The molecule has 2 aliphatic rings. The number of aryl methyl sites for hydroxylation is 1. The van der Waals surface area contributed by atoms with Gasteiger partial charge in [-0.2, -0.15) is 15.3 Å². The second-order valence-electron chi connectivity index (χ2n) is 11.9. The molecule has 0 bridgehead atoms. The predicted molar refractivity (Wildman–Crippen MR) is 170 cm³/mol. The summed E-state index contributed by atoms with van der Waals surface area (Å²) in [5, 5.41) is 20.3. The molecule has 1 aliphatic carbocycles. The molecule has 2 amide bonds. The summed E-state index contributed by atoms with van der Waals surface area (Å²) in [5.41, 5.74) is 3.12. The monoisotopic (exact) mass is 626 g/mol. The average Bonchev–Trinajstić information content (AvgIpc) is 3.51. The first kappa shape index (κ1) is 30.9. The highest BCUT2D eigenvalue weighted by atomic mass is 19.3. The van der Waals surface area contributed by atoms with Crippen LogP contribution in [0.3, 0.4) is 0 Å². The Morgan fingerprint density at radius 3 is 2.43 bits per heavy atom. The third-order valence-corrected chi connectivity index (χ3v) is 8.62. The summed E-state index contributed by atoms with van der Waals surface area (Å²) < 4.78 is 29.2. The molecule has 1 aromatic carbocycles. The first-order valence-electron chi connectivity index (χ1n) is 15.5. The number of nitrogens with zero attached hydrogens (tertiary/aromatic N) is 8. The maximum absolute atomic E-state index is 13.7. The summed E-state index contributed by atoms with van der Waals surface area (Å²) >= 11 is 0. The van der Waals surface area contributed by atoms with Crippen LogP contribution in [0.2, 0.25) is 0 Å². The molecule has 3 aromatic heterocycles. The molecule has 0 radical (unpaired) electrons. The van der Waals surface area contributed by atoms with E-state index in [0.29, 0.717) is 37.0 Å². The van der Waals surface area contributed by atoms with Crippen LogP contribution < -0.4 is 20.4 Å². The maximum atomic E-state index is 13.7. The molecule has 4 heterocycles.